The van der Waals surface area contributed by atoms with Gasteiger partial charge in [-0.05, 0) is 24.5 Å². The lowest BCUT2D eigenvalue weighted by atomic mass is 10.2. The second-order valence-corrected chi connectivity index (χ2v) is 3.24. The molecule has 0 spiro atoms. The van der Waals surface area contributed by atoms with Gasteiger partial charge in [0.15, 0.2) is 0 Å². The first kappa shape index (κ1) is 6.80. The lowest BCUT2D eigenvalue weighted by Crippen LogP contribution is -2.09. The smallest absolute Gasteiger partial charge is 0.109 e. The summed E-state index contributed by atoms with van der Waals surface area (Å²) < 4.78 is 0. The van der Waals surface area contributed by atoms with Crippen molar-refractivity contribution in [1.29, 1.82) is 0 Å². The van der Waals surface area contributed by atoms with Crippen LogP contribution in [-0.4, -0.2) is 10.1 Å². The Morgan fingerprint density at radius 3 is 2.82 bits per heavy atom. The van der Waals surface area contributed by atoms with E-state index in [4.69, 9.17) is 0 Å². The maximum atomic E-state index is 9.81. The van der Waals surface area contributed by atoms with Crippen molar-refractivity contribution in [3.8, 4) is 0 Å². The summed E-state index contributed by atoms with van der Waals surface area (Å²) in [6.45, 7) is 2.04. The zero-order chi connectivity index (χ0) is 7.90. The number of hydrogen-bond donors (Lipinski definition) is 1. The van der Waals surface area contributed by atoms with Gasteiger partial charge in [0.2, 0.25) is 0 Å². The second kappa shape index (κ2) is 2.05. The Hall–Kier alpha value is -0.890. The fourth-order valence-corrected chi connectivity index (χ4v) is 1.38. The van der Waals surface area contributed by atoms with Gasteiger partial charge in [-0.1, -0.05) is 13.0 Å². The number of nitrogens with zero attached hydrogens (tertiary/aromatic N) is 1. The minimum absolute atomic E-state index is 0.373. The largest absolute Gasteiger partial charge is 0.383 e. The molecule has 2 heteroatoms. The van der Waals surface area contributed by atoms with Crippen LogP contribution >= 0.6 is 0 Å². The van der Waals surface area contributed by atoms with Crippen molar-refractivity contribution in [2.75, 3.05) is 0 Å². The molecule has 0 aromatic carbocycles. The van der Waals surface area contributed by atoms with E-state index >= 15 is 0 Å². The molecule has 1 aliphatic rings. The van der Waals surface area contributed by atoms with E-state index in [1.54, 1.807) is 6.20 Å². The molecule has 0 radical (unpaired) electrons. The van der Waals surface area contributed by atoms with E-state index in [-0.39, 0.29) is 0 Å². The number of rotatable bonds is 1. The van der Waals surface area contributed by atoms with Gasteiger partial charge in [-0.25, -0.2) is 0 Å². The van der Waals surface area contributed by atoms with Gasteiger partial charge in [0.05, 0.1) is 5.69 Å². The molecule has 1 heterocycles. The topological polar surface area (TPSA) is 33.1 Å². The van der Waals surface area contributed by atoms with E-state index in [0.717, 1.165) is 12.1 Å². The molecule has 0 bridgehead atoms. The first-order valence-corrected chi connectivity index (χ1v) is 3.87. The molecule has 1 fully saturated rings. The molecule has 2 atom stereocenters. The van der Waals surface area contributed by atoms with Gasteiger partial charge in [0.25, 0.3) is 0 Å². The Morgan fingerprint density at radius 2 is 2.36 bits per heavy atom. The van der Waals surface area contributed by atoms with Gasteiger partial charge in [0, 0.05) is 6.20 Å². The minimum atomic E-state index is -0.610. The summed E-state index contributed by atoms with van der Waals surface area (Å²) in [5.41, 5.74) is 0.203. The van der Waals surface area contributed by atoms with Gasteiger partial charge in [-0.3, -0.25) is 4.98 Å². The molecule has 1 aliphatic carbocycles. The molecule has 1 aromatic rings. The molecule has 0 saturated heterocycles. The van der Waals surface area contributed by atoms with Crippen molar-refractivity contribution in [3.63, 3.8) is 0 Å². The van der Waals surface area contributed by atoms with Crippen LogP contribution in [0.25, 0.3) is 0 Å². The summed E-state index contributed by atoms with van der Waals surface area (Å²) in [4.78, 5) is 4.11. The van der Waals surface area contributed by atoms with Crippen molar-refractivity contribution in [2.45, 2.75) is 18.9 Å². The molecule has 0 amide bonds. The number of hydrogen-bond acceptors (Lipinski definition) is 2. The minimum Gasteiger partial charge on any atom is -0.383 e. The average Bonchev–Trinajstić information content (AvgIpc) is 2.64. The molecule has 1 saturated carbocycles. The highest BCUT2D eigenvalue weighted by molar-refractivity contribution is 5.21. The monoisotopic (exact) mass is 149 g/mol. The van der Waals surface area contributed by atoms with Crippen LogP contribution in [0.15, 0.2) is 24.4 Å². The predicted molar refractivity (Wildman–Crippen MR) is 41.9 cm³/mol. The summed E-state index contributed by atoms with van der Waals surface area (Å²) in [6, 6.07) is 5.65. The number of pyridine rings is 1. The quantitative estimate of drug-likeness (QED) is 0.653. The van der Waals surface area contributed by atoms with Crippen molar-refractivity contribution in [1.82, 2.24) is 4.98 Å². The van der Waals surface area contributed by atoms with Crippen molar-refractivity contribution in [2.24, 2.45) is 5.92 Å². The summed E-state index contributed by atoms with van der Waals surface area (Å²) in [7, 11) is 0. The Bertz CT molecular complexity index is 260. The maximum Gasteiger partial charge on any atom is 0.109 e. The van der Waals surface area contributed by atoms with Gasteiger partial charge < -0.3 is 5.11 Å². The van der Waals surface area contributed by atoms with Crippen LogP contribution in [0, 0.1) is 5.92 Å². The molecule has 1 aromatic heterocycles. The fourth-order valence-electron chi connectivity index (χ4n) is 1.38. The van der Waals surface area contributed by atoms with E-state index in [0.29, 0.717) is 5.92 Å². The molecule has 1 N–H and O–H groups in total. The molecule has 58 valence electrons. The van der Waals surface area contributed by atoms with E-state index in [1.807, 2.05) is 25.1 Å². The van der Waals surface area contributed by atoms with Crippen molar-refractivity contribution >= 4 is 0 Å². The van der Waals surface area contributed by atoms with Gasteiger partial charge >= 0.3 is 0 Å². The van der Waals surface area contributed by atoms with Crippen LogP contribution in [0.3, 0.4) is 0 Å². The fraction of sp³-hybridized carbons (Fsp3) is 0.444. The third-order valence-electron chi connectivity index (χ3n) is 2.38. The summed E-state index contributed by atoms with van der Waals surface area (Å²) in [5.74, 6) is 0.373. The molecule has 11 heavy (non-hydrogen) atoms. The van der Waals surface area contributed by atoms with E-state index < -0.39 is 5.60 Å². The normalized spacial score (nSPS) is 35.3. The molecule has 2 rings (SSSR count). The number of aliphatic hydroxyl groups is 1. The highest BCUT2D eigenvalue weighted by Gasteiger charge is 2.52. The number of aromatic nitrogens is 1. The van der Waals surface area contributed by atoms with Crippen molar-refractivity contribution < 1.29 is 5.11 Å². The Balaban J connectivity index is 2.32. The van der Waals surface area contributed by atoms with E-state index in [9.17, 15) is 5.11 Å². The van der Waals surface area contributed by atoms with Crippen LogP contribution in [0.2, 0.25) is 0 Å². The van der Waals surface area contributed by atoms with Crippen LogP contribution in [0.5, 0.6) is 0 Å². The first-order chi connectivity index (χ1) is 5.23. The molecular weight excluding hydrogens is 138 g/mol. The lowest BCUT2D eigenvalue weighted by molar-refractivity contribution is 0.130. The summed E-state index contributed by atoms with van der Waals surface area (Å²) in [5, 5.41) is 9.81. The van der Waals surface area contributed by atoms with E-state index in [1.165, 1.54) is 0 Å². The molecule has 0 aliphatic heterocycles. The molecule has 2 nitrogen and oxygen atoms in total. The predicted octanol–water partition coefficient (Wildman–Crippen LogP) is 1.31. The maximum absolute atomic E-state index is 9.81. The Morgan fingerprint density at radius 1 is 1.64 bits per heavy atom. The average molecular weight is 149 g/mol. The lowest BCUT2D eigenvalue weighted by Gasteiger charge is -2.06. The van der Waals surface area contributed by atoms with Crippen molar-refractivity contribution in [3.05, 3.63) is 30.1 Å². The SMILES string of the molecule is C[C@@H]1C[C@]1(O)c1ccccn1. The highest BCUT2D eigenvalue weighted by Crippen LogP contribution is 2.50. The van der Waals surface area contributed by atoms with Crippen LogP contribution in [0.1, 0.15) is 19.0 Å². The first-order valence-electron chi connectivity index (χ1n) is 3.87. The Labute approximate surface area is 65.9 Å². The zero-order valence-corrected chi connectivity index (χ0v) is 6.49. The second-order valence-electron chi connectivity index (χ2n) is 3.24. The molecule has 0 unspecified atom stereocenters. The van der Waals surface area contributed by atoms with Gasteiger partial charge in [-0.2, -0.15) is 0 Å². The molecular formula is C9H11NO. The summed E-state index contributed by atoms with van der Waals surface area (Å²) >= 11 is 0. The zero-order valence-electron chi connectivity index (χ0n) is 6.49. The van der Waals surface area contributed by atoms with E-state index in [2.05, 4.69) is 4.98 Å². The van der Waals surface area contributed by atoms with Gasteiger partial charge in [0.1, 0.15) is 5.60 Å². The van der Waals surface area contributed by atoms with Crippen LogP contribution in [0.4, 0.5) is 0 Å². The standard InChI is InChI=1S/C9H11NO/c1-7-6-9(7,11)8-4-2-3-5-10-8/h2-5,7,11H,6H2,1H3/t7-,9-/m1/s1. The third-order valence-corrected chi connectivity index (χ3v) is 2.38. The highest BCUT2D eigenvalue weighted by atomic mass is 16.3. The Kier molecular flexibility index (Phi) is 1.26. The van der Waals surface area contributed by atoms with Crippen LogP contribution in [-0.2, 0) is 5.60 Å². The van der Waals surface area contributed by atoms with Gasteiger partial charge in [-0.15, -0.1) is 0 Å². The summed E-state index contributed by atoms with van der Waals surface area (Å²) in [6.07, 6.45) is 2.57. The third kappa shape index (κ3) is 0.942. The van der Waals surface area contributed by atoms with Crippen LogP contribution < -0.4 is 0 Å².